The highest BCUT2D eigenvalue weighted by Crippen LogP contribution is 2.35. The van der Waals surface area contributed by atoms with Gasteiger partial charge in [-0.25, -0.2) is 5.41 Å². The third-order valence-corrected chi connectivity index (χ3v) is 7.10. The van der Waals surface area contributed by atoms with Crippen LogP contribution in [0, 0.1) is 5.41 Å². The number of benzene rings is 3. The lowest BCUT2D eigenvalue weighted by Gasteiger charge is -2.12. The van der Waals surface area contributed by atoms with Gasteiger partial charge in [0.25, 0.3) is 15.9 Å². The average molecular weight is 488 g/mol. The number of hydrogen-bond donors (Lipinski definition) is 2. The van der Waals surface area contributed by atoms with E-state index in [1.54, 1.807) is 30.3 Å². The highest BCUT2D eigenvalue weighted by atomic mass is 35.5. The fourth-order valence-corrected chi connectivity index (χ4v) is 5.26. The van der Waals surface area contributed by atoms with Crippen LogP contribution in [0.4, 0.5) is 5.69 Å². The molecule has 7 nitrogen and oxygen atoms in total. The van der Waals surface area contributed by atoms with Crippen molar-refractivity contribution in [3.8, 4) is 5.75 Å². The van der Waals surface area contributed by atoms with Crippen molar-refractivity contribution in [3.05, 3.63) is 82.9 Å². The van der Waals surface area contributed by atoms with Gasteiger partial charge in [0.05, 0.1) is 17.7 Å². The fraction of sp³-hybridized carbons (Fsp3) is 0.0909. The van der Waals surface area contributed by atoms with E-state index in [-0.39, 0.29) is 15.5 Å². The monoisotopic (exact) mass is 487 g/mol. The predicted octanol–water partition coefficient (Wildman–Crippen LogP) is 5.33. The minimum absolute atomic E-state index is 0.0368. The van der Waals surface area contributed by atoms with Gasteiger partial charge in [-0.2, -0.15) is 8.42 Å². The summed E-state index contributed by atoms with van der Waals surface area (Å²) in [6, 6.07) is 20.3. The first-order chi connectivity index (χ1) is 15.3. The minimum Gasteiger partial charge on any atom is -0.497 e. The summed E-state index contributed by atoms with van der Waals surface area (Å²) in [5.41, 5.74) is 1.43. The van der Waals surface area contributed by atoms with Gasteiger partial charge in [0.15, 0.2) is 0 Å². The molecular formula is C22H18ClN3O4S2. The summed E-state index contributed by atoms with van der Waals surface area (Å²) in [7, 11) is -2.72. The largest absolute Gasteiger partial charge is 0.497 e. The number of carbonyl (C=O) groups is 1. The summed E-state index contributed by atoms with van der Waals surface area (Å²) in [5, 5.41) is 9.72. The second kappa shape index (κ2) is 10.5. The van der Waals surface area contributed by atoms with Crippen LogP contribution in [0.2, 0.25) is 5.02 Å². The lowest BCUT2D eigenvalue weighted by molar-refractivity contribution is 0.102. The molecular weight excluding hydrogens is 470 g/mol. The second-order valence-electron chi connectivity index (χ2n) is 6.41. The fourth-order valence-electron chi connectivity index (χ4n) is 2.74. The lowest BCUT2D eigenvalue weighted by atomic mass is 10.2. The quantitative estimate of drug-likeness (QED) is 0.329. The maximum atomic E-state index is 12.8. The van der Waals surface area contributed by atoms with Crippen molar-refractivity contribution in [1.29, 1.82) is 5.41 Å². The molecule has 0 bridgehead atoms. The Hall–Kier alpha value is -3.10. The summed E-state index contributed by atoms with van der Waals surface area (Å²) in [4.78, 5) is 12.9. The number of rotatable bonds is 8. The summed E-state index contributed by atoms with van der Waals surface area (Å²) in [6.07, 6.45) is 0. The molecule has 0 atom stereocenters. The molecule has 2 N–H and O–H groups in total. The number of thioether (sulfide) groups is 1. The smallest absolute Gasteiger partial charge is 0.292 e. The zero-order chi connectivity index (χ0) is 23.1. The molecule has 0 saturated heterocycles. The predicted molar refractivity (Wildman–Crippen MR) is 126 cm³/mol. The molecule has 3 aromatic carbocycles. The van der Waals surface area contributed by atoms with Crippen molar-refractivity contribution < 1.29 is 17.9 Å². The van der Waals surface area contributed by atoms with Crippen LogP contribution in [0.5, 0.6) is 5.75 Å². The first-order valence-electron chi connectivity index (χ1n) is 9.18. The van der Waals surface area contributed by atoms with E-state index in [1.165, 1.54) is 31.0 Å². The van der Waals surface area contributed by atoms with Crippen LogP contribution >= 0.6 is 23.4 Å². The Morgan fingerprint density at radius 3 is 2.47 bits per heavy atom. The van der Waals surface area contributed by atoms with E-state index in [4.69, 9.17) is 21.7 Å². The standard InChI is InChI=1S/C22H18ClN3O4S2/c1-30-17-9-7-16(8-10-17)26-22(27)18-11-21(32(28,29)25-14-24)20(12-19(18)23)31-13-15-5-3-2-4-6-15/h2-12,24H,13H2,1H3,(H,26,27). The van der Waals surface area contributed by atoms with Gasteiger partial charge >= 0.3 is 0 Å². The Labute approximate surface area is 195 Å². The molecule has 3 rings (SSSR count). The van der Waals surface area contributed by atoms with Crippen LogP contribution in [0.25, 0.3) is 0 Å². The normalized spacial score (nSPS) is 10.8. The molecule has 0 aromatic heterocycles. The molecule has 1 amide bonds. The molecule has 0 aliphatic carbocycles. The third kappa shape index (κ3) is 5.77. The number of amides is 1. The van der Waals surface area contributed by atoms with Gasteiger partial charge < -0.3 is 10.1 Å². The number of nitrogens with one attached hydrogen (secondary N) is 2. The third-order valence-electron chi connectivity index (χ3n) is 4.31. The molecule has 0 saturated carbocycles. The Bertz CT molecular complexity index is 1270. The van der Waals surface area contributed by atoms with Gasteiger partial charge in [-0.05, 0) is 42.0 Å². The zero-order valence-electron chi connectivity index (χ0n) is 16.8. The Balaban J connectivity index is 1.96. The molecule has 0 heterocycles. The van der Waals surface area contributed by atoms with E-state index in [2.05, 4.69) is 9.71 Å². The van der Waals surface area contributed by atoms with E-state index >= 15 is 0 Å². The molecule has 0 fully saturated rings. The number of sulfonamides is 1. The Kier molecular flexibility index (Phi) is 7.71. The van der Waals surface area contributed by atoms with Crippen molar-refractivity contribution in [2.75, 3.05) is 12.4 Å². The average Bonchev–Trinajstić information content (AvgIpc) is 2.78. The van der Waals surface area contributed by atoms with Gasteiger partial charge in [0.1, 0.15) is 16.7 Å². The topological polar surface area (TPSA) is 109 Å². The maximum absolute atomic E-state index is 12.8. The zero-order valence-corrected chi connectivity index (χ0v) is 19.2. The molecule has 0 aliphatic heterocycles. The van der Waals surface area contributed by atoms with E-state index in [0.29, 0.717) is 22.1 Å². The molecule has 164 valence electrons. The van der Waals surface area contributed by atoms with Crippen molar-refractivity contribution >= 4 is 51.0 Å². The highest BCUT2D eigenvalue weighted by Gasteiger charge is 2.23. The van der Waals surface area contributed by atoms with Crippen LogP contribution in [0.1, 0.15) is 15.9 Å². The highest BCUT2D eigenvalue weighted by molar-refractivity contribution is 7.99. The van der Waals surface area contributed by atoms with Gasteiger partial charge in [-0.1, -0.05) is 46.3 Å². The summed E-state index contributed by atoms with van der Waals surface area (Å²) >= 11 is 7.58. The maximum Gasteiger partial charge on any atom is 0.292 e. The number of methoxy groups -OCH3 is 1. The SMILES string of the molecule is COc1ccc(NC(=O)c2cc(S(=O)(=O)N=C=N)c(SCc3ccccc3)cc2Cl)cc1. The van der Waals surface area contributed by atoms with Crippen LogP contribution in [-0.4, -0.2) is 27.4 Å². The number of nitrogens with zero attached hydrogens (tertiary/aromatic N) is 1. The van der Waals surface area contributed by atoms with Gasteiger partial charge in [0.2, 0.25) is 0 Å². The van der Waals surface area contributed by atoms with Crippen molar-refractivity contribution in [2.24, 2.45) is 4.40 Å². The Morgan fingerprint density at radius 2 is 1.84 bits per heavy atom. The molecule has 0 spiro atoms. The van der Waals surface area contributed by atoms with E-state index < -0.39 is 15.9 Å². The van der Waals surface area contributed by atoms with Crippen LogP contribution in [0.15, 0.2) is 80.9 Å². The first-order valence-corrected chi connectivity index (χ1v) is 12.0. The Morgan fingerprint density at radius 1 is 1.16 bits per heavy atom. The van der Waals surface area contributed by atoms with E-state index in [1.807, 2.05) is 30.3 Å². The number of anilines is 1. The number of halogens is 1. The number of ether oxygens (including phenoxy) is 1. The number of hydrogen-bond acceptors (Lipinski definition) is 6. The van der Waals surface area contributed by atoms with Gasteiger partial charge in [0, 0.05) is 16.3 Å². The lowest BCUT2D eigenvalue weighted by Crippen LogP contribution is -2.14. The summed E-state index contributed by atoms with van der Waals surface area (Å²) in [6.45, 7) is 0. The molecule has 0 aliphatic rings. The van der Waals surface area contributed by atoms with Crippen molar-refractivity contribution in [2.45, 2.75) is 15.5 Å². The van der Waals surface area contributed by atoms with Crippen LogP contribution in [0.3, 0.4) is 0 Å². The van der Waals surface area contributed by atoms with Crippen LogP contribution in [-0.2, 0) is 15.8 Å². The van der Waals surface area contributed by atoms with Crippen molar-refractivity contribution in [1.82, 2.24) is 0 Å². The molecule has 3 aromatic rings. The molecule has 0 unspecified atom stereocenters. The minimum atomic E-state index is -4.25. The summed E-state index contributed by atoms with van der Waals surface area (Å²) in [5.74, 6) is 0.513. The van der Waals surface area contributed by atoms with E-state index in [9.17, 15) is 13.2 Å². The molecule has 10 heteroatoms. The molecule has 0 radical (unpaired) electrons. The van der Waals surface area contributed by atoms with E-state index in [0.717, 1.165) is 5.56 Å². The van der Waals surface area contributed by atoms with Crippen molar-refractivity contribution in [3.63, 3.8) is 0 Å². The van der Waals surface area contributed by atoms with Gasteiger partial charge in [-0.3, -0.25) is 4.79 Å². The first kappa shape index (κ1) is 23.6. The van der Waals surface area contributed by atoms with Gasteiger partial charge in [-0.15, -0.1) is 11.8 Å². The molecule has 32 heavy (non-hydrogen) atoms. The van der Waals surface area contributed by atoms with Crippen LogP contribution < -0.4 is 10.1 Å². The summed E-state index contributed by atoms with van der Waals surface area (Å²) < 4.78 is 33.5. The number of carbonyl (C=O) groups excluding carboxylic acids is 1. The second-order valence-corrected chi connectivity index (χ2v) is 9.41.